The summed E-state index contributed by atoms with van der Waals surface area (Å²) in [4.78, 5) is 0. The van der Waals surface area contributed by atoms with Crippen LogP contribution in [0.25, 0.3) is 0 Å². The first-order valence-corrected chi connectivity index (χ1v) is 5.89. The first kappa shape index (κ1) is 10.7. The number of nitrogens with one attached hydrogen (secondary N) is 1. The summed E-state index contributed by atoms with van der Waals surface area (Å²) in [5, 5.41) is 8.10. The lowest BCUT2D eigenvalue weighted by Gasteiger charge is -2.24. The summed E-state index contributed by atoms with van der Waals surface area (Å²) in [5.74, 6) is 0. The molecule has 15 heavy (non-hydrogen) atoms. The van der Waals surface area contributed by atoms with E-state index in [1.807, 2.05) is 11.7 Å². The number of aryl methyl sites for hydroxylation is 2. The van der Waals surface area contributed by atoms with Crippen LogP contribution in [0.1, 0.15) is 37.9 Å². The van der Waals surface area contributed by atoms with Gasteiger partial charge in [0.2, 0.25) is 0 Å². The van der Waals surface area contributed by atoms with E-state index >= 15 is 0 Å². The van der Waals surface area contributed by atoms with Gasteiger partial charge in [0.15, 0.2) is 0 Å². The normalized spacial score (nSPS) is 26.1. The van der Waals surface area contributed by atoms with E-state index < -0.39 is 0 Å². The van der Waals surface area contributed by atoms with E-state index in [1.165, 1.54) is 24.1 Å². The molecule has 1 aliphatic rings. The van der Waals surface area contributed by atoms with Crippen molar-refractivity contribution in [1.29, 1.82) is 0 Å². The molecule has 1 aromatic rings. The number of hydrogen-bond donors (Lipinski definition) is 1. The predicted octanol–water partition coefficient (Wildman–Crippen LogP) is 1.67. The molecule has 0 saturated carbocycles. The Bertz CT molecular complexity index is 335. The molecule has 0 bridgehead atoms. The van der Waals surface area contributed by atoms with Crippen molar-refractivity contribution in [1.82, 2.24) is 15.1 Å². The Morgan fingerprint density at radius 3 is 3.00 bits per heavy atom. The molecule has 0 aliphatic carbocycles. The summed E-state index contributed by atoms with van der Waals surface area (Å²) in [6, 6.07) is 0. The lowest BCUT2D eigenvalue weighted by Crippen LogP contribution is -2.38. The fraction of sp³-hybridized carbons (Fsp3) is 0.750. The van der Waals surface area contributed by atoms with Crippen LogP contribution in [0, 0.1) is 0 Å². The van der Waals surface area contributed by atoms with Gasteiger partial charge in [-0.1, -0.05) is 6.92 Å². The van der Waals surface area contributed by atoms with E-state index in [0.717, 1.165) is 19.4 Å². The molecule has 1 saturated heterocycles. The molecule has 1 unspecified atom stereocenters. The molecule has 0 amide bonds. The number of nitrogens with zero attached hydrogens (tertiary/aromatic N) is 2. The molecule has 3 nitrogen and oxygen atoms in total. The fourth-order valence-electron chi connectivity index (χ4n) is 2.56. The van der Waals surface area contributed by atoms with Gasteiger partial charge >= 0.3 is 0 Å². The monoisotopic (exact) mass is 207 g/mol. The molecule has 84 valence electrons. The van der Waals surface area contributed by atoms with Crippen LogP contribution >= 0.6 is 0 Å². The van der Waals surface area contributed by atoms with Crippen LogP contribution < -0.4 is 5.32 Å². The number of aromatic nitrogens is 2. The van der Waals surface area contributed by atoms with Crippen LogP contribution in [0.5, 0.6) is 0 Å². The largest absolute Gasteiger partial charge is 0.311 e. The minimum Gasteiger partial charge on any atom is -0.311 e. The van der Waals surface area contributed by atoms with E-state index in [0.29, 0.717) is 5.54 Å². The number of hydrogen-bond acceptors (Lipinski definition) is 2. The maximum Gasteiger partial charge on any atom is 0.0654 e. The van der Waals surface area contributed by atoms with Gasteiger partial charge in [0.25, 0.3) is 0 Å². The highest BCUT2D eigenvalue weighted by Crippen LogP contribution is 2.24. The molecule has 3 heteroatoms. The van der Waals surface area contributed by atoms with E-state index in [2.05, 4.69) is 30.5 Å². The summed E-state index contributed by atoms with van der Waals surface area (Å²) in [6.07, 6.45) is 6.91. The van der Waals surface area contributed by atoms with Crippen molar-refractivity contribution in [2.75, 3.05) is 6.54 Å². The van der Waals surface area contributed by atoms with Gasteiger partial charge in [-0.25, -0.2) is 0 Å². The predicted molar refractivity (Wildman–Crippen MR) is 61.9 cm³/mol. The van der Waals surface area contributed by atoms with Gasteiger partial charge in [-0.15, -0.1) is 0 Å². The molecule has 1 N–H and O–H groups in total. The fourth-order valence-corrected chi connectivity index (χ4v) is 2.56. The molecule has 0 spiro atoms. The van der Waals surface area contributed by atoms with Crippen molar-refractivity contribution < 1.29 is 0 Å². The average Bonchev–Trinajstić information content (AvgIpc) is 2.73. The minimum absolute atomic E-state index is 0.299. The van der Waals surface area contributed by atoms with Crippen LogP contribution in [-0.2, 0) is 19.9 Å². The smallest absolute Gasteiger partial charge is 0.0654 e. The van der Waals surface area contributed by atoms with Crippen LogP contribution in [0.4, 0.5) is 0 Å². The molecule has 1 aliphatic heterocycles. The SMILES string of the molecule is CCc1nn(C)cc1CC1(C)CCCN1. The Morgan fingerprint density at radius 1 is 1.60 bits per heavy atom. The van der Waals surface area contributed by atoms with Crippen LogP contribution in [0.15, 0.2) is 6.20 Å². The van der Waals surface area contributed by atoms with Crippen molar-refractivity contribution in [2.24, 2.45) is 7.05 Å². The molecule has 1 atom stereocenters. The van der Waals surface area contributed by atoms with Gasteiger partial charge in [-0.2, -0.15) is 5.10 Å². The third kappa shape index (κ3) is 2.23. The van der Waals surface area contributed by atoms with Crippen LogP contribution in [-0.4, -0.2) is 21.9 Å². The van der Waals surface area contributed by atoms with Crippen LogP contribution in [0.2, 0.25) is 0 Å². The van der Waals surface area contributed by atoms with E-state index in [1.54, 1.807) is 0 Å². The van der Waals surface area contributed by atoms with E-state index in [-0.39, 0.29) is 0 Å². The average molecular weight is 207 g/mol. The zero-order valence-electron chi connectivity index (χ0n) is 10.0. The first-order valence-electron chi connectivity index (χ1n) is 5.89. The third-order valence-electron chi connectivity index (χ3n) is 3.36. The number of rotatable bonds is 3. The minimum atomic E-state index is 0.299. The second kappa shape index (κ2) is 3.97. The highest BCUT2D eigenvalue weighted by Gasteiger charge is 2.29. The Morgan fingerprint density at radius 2 is 2.40 bits per heavy atom. The van der Waals surface area contributed by atoms with Gasteiger partial charge in [-0.05, 0) is 44.7 Å². The quantitative estimate of drug-likeness (QED) is 0.817. The highest BCUT2D eigenvalue weighted by atomic mass is 15.2. The Hall–Kier alpha value is -0.830. The van der Waals surface area contributed by atoms with E-state index in [9.17, 15) is 0 Å². The second-order valence-electron chi connectivity index (χ2n) is 4.90. The summed E-state index contributed by atoms with van der Waals surface area (Å²) in [7, 11) is 2.01. The van der Waals surface area contributed by atoms with Gasteiger partial charge < -0.3 is 5.32 Å². The molecular formula is C12H21N3. The van der Waals surface area contributed by atoms with Crippen LogP contribution in [0.3, 0.4) is 0 Å². The first-order chi connectivity index (χ1) is 7.13. The zero-order valence-corrected chi connectivity index (χ0v) is 10.0. The lowest BCUT2D eigenvalue weighted by atomic mass is 9.91. The summed E-state index contributed by atoms with van der Waals surface area (Å²) in [6.45, 7) is 5.67. The van der Waals surface area contributed by atoms with Crippen molar-refractivity contribution in [3.05, 3.63) is 17.5 Å². The Kier molecular flexibility index (Phi) is 2.83. The molecule has 0 aromatic carbocycles. The molecule has 1 fully saturated rings. The van der Waals surface area contributed by atoms with Gasteiger partial charge in [0.05, 0.1) is 5.69 Å². The van der Waals surface area contributed by atoms with Gasteiger partial charge in [-0.3, -0.25) is 4.68 Å². The second-order valence-corrected chi connectivity index (χ2v) is 4.90. The third-order valence-corrected chi connectivity index (χ3v) is 3.36. The van der Waals surface area contributed by atoms with E-state index in [4.69, 9.17) is 0 Å². The maximum absolute atomic E-state index is 4.49. The van der Waals surface area contributed by atoms with Crippen molar-refractivity contribution in [3.8, 4) is 0 Å². The van der Waals surface area contributed by atoms with Gasteiger partial charge in [0.1, 0.15) is 0 Å². The molecule has 1 aromatic heterocycles. The molecule has 2 heterocycles. The summed E-state index contributed by atoms with van der Waals surface area (Å²) < 4.78 is 1.94. The van der Waals surface area contributed by atoms with Crippen molar-refractivity contribution >= 4 is 0 Å². The van der Waals surface area contributed by atoms with Gasteiger partial charge in [0, 0.05) is 18.8 Å². The summed E-state index contributed by atoms with van der Waals surface area (Å²) >= 11 is 0. The Balaban J connectivity index is 2.15. The maximum atomic E-state index is 4.49. The topological polar surface area (TPSA) is 29.9 Å². The highest BCUT2D eigenvalue weighted by molar-refractivity contribution is 5.20. The molecular weight excluding hydrogens is 186 g/mol. The standard InChI is InChI=1S/C12H21N3/c1-4-11-10(9-15(3)14-11)8-12(2)6-5-7-13-12/h9,13H,4-8H2,1-3H3. The lowest BCUT2D eigenvalue weighted by molar-refractivity contribution is 0.411. The molecule has 2 rings (SSSR count). The van der Waals surface area contributed by atoms with Crippen molar-refractivity contribution in [3.63, 3.8) is 0 Å². The molecule has 0 radical (unpaired) electrons. The van der Waals surface area contributed by atoms with Crippen molar-refractivity contribution in [2.45, 2.75) is 45.1 Å². The Labute approximate surface area is 91.9 Å². The summed E-state index contributed by atoms with van der Waals surface area (Å²) in [5.41, 5.74) is 2.97. The zero-order chi connectivity index (χ0) is 10.9.